The van der Waals surface area contributed by atoms with Crippen molar-refractivity contribution in [3.63, 3.8) is 0 Å². The number of para-hydroxylation sites is 1. The first-order chi connectivity index (χ1) is 10.7. The first-order valence-electron chi connectivity index (χ1n) is 6.53. The van der Waals surface area contributed by atoms with Crippen LogP contribution in [-0.2, 0) is 12.4 Å². The van der Waals surface area contributed by atoms with Crippen LogP contribution in [0.1, 0.15) is 11.1 Å². The Hall–Kier alpha value is -2.44. The summed E-state index contributed by atoms with van der Waals surface area (Å²) < 4.78 is 77.3. The van der Waals surface area contributed by atoms with Gasteiger partial charge in [-0.1, -0.05) is 24.3 Å². The van der Waals surface area contributed by atoms with E-state index in [1.807, 2.05) is 0 Å². The molecule has 0 aliphatic carbocycles. The molecule has 0 aliphatic heterocycles. The van der Waals surface area contributed by atoms with Crippen molar-refractivity contribution < 1.29 is 26.3 Å². The largest absolute Gasteiger partial charge is 0.418 e. The smallest absolute Gasteiger partial charge is 0.360 e. The summed E-state index contributed by atoms with van der Waals surface area (Å²) in [6, 6.07) is 8.09. The molecule has 3 aromatic rings. The Morgan fingerprint density at radius 2 is 1.48 bits per heavy atom. The minimum atomic E-state index is -4.55. The van der Waals surface area contributed by atoms with Gasteiger partial charge in [-0.05, 0) is 23.8 Å². The Labute approximate surface area is 126 Å². The van der Waals surface area contributed by atoms with Gasteiger partial charge in [0.1, 0.15) is 0 Å². The fourth-order valence-corrected chi connectivity index (χ4v) is 2.49. The van der Waals surface area contributed by atoms with Crippen LogP contribution in [-0.4, -0.2) is 4.98 Å². The maximum Gasteiger partial charge on any atom is 0.418 e. The van der Waals surface area contributed by atoms with E-state index >= 15 is 0 Å². The molecule has 3 rings (SSSR count). The number of H-pyrrole nitrogens is 1. The zero-order valence-corrected chi connectivity index (χ0v) is 11.4. The van der Waals surface area contributed by atoms with Crippen LogP contribution < -0.4 is 0 Å². The van der Waals surface area contributed by atoms with E-state index in [0.717, 1.165) is 18.2 Å². The van der Waals surface area contributed by atoms with Gasteiger partial charge in [-0.15, -0.1) is 0 Å². The molecule has 0 amide bonds. The summed E-state index contributed by atoms with van der Waals surface area (Å²) in [5, 5.41) is 0.221. The second kappa shape index (κ2) is 5.04. The van der Waals surface area contributed by atoms with Gasteiger partial charge in [0, 0.05) is 17.1 Å². The van der Waals surface area contributed by atoms with Gasteiger partial charge in [0.2, 0.25) is 0 Å². The fraction of sp³-hybridized carbons (Fsp3) is 0.125. The van der Waals surface area contributed by atoms with Gasteiger partial charge >= 0.3 is 12.4 Å². The molecule has 2 aromatic carbocycles. The number of fused-ring (bicyclic) bond motifs is 1. The van der Waals surface area contributed by atoms with Crippen LogP contribution in [0, 0.1) is 0 Å². The van der Waals surface area contributed by atoms with Gasteiger partial charge in [-0.25, -0.2) is 0 Å². The van der Waals surface area contributed by atoms with Gasteiger partial charge in [0.15, 0.2) is 0 Å². The van der Waals surface area contributed by atoms with Crippen LogP contribution in [0.15, 0.2) is 48.7 Å². The highest BCUT2D eigenvalue weighted by atomic mass is 19.4. The molecule has 0 saturated heterocycles. The van der Waals surface area contributed by atoms with Crippen molar-refractivity contribution in [1.29, 1.82) is 0 Å². The number of hydrogen-bond acceptors (Lipinski definition) is 0. The lowest BCUT2D eigenvalue weighted by Gasteiger charge is -2.09. The lowest BCUT2D eigenvalue weighted by molar-refractivity contribution is -0.138. The number of aromatic amines is 1. The Morgan fingerprint density at radius 1 is 0.783 bits per heavy atom. The third-order valence-corrected chi connectivity index (χ3v) is 3.52. The Bertz CT molecular complexity index is 857. The summed E-state index contributed by atoms with van der Waals surface area (Å²) in [5.41, 5.74) is -1.36. The summed E-state index contributed by atoms with van der Waals surface area (Å²) in [6.45, 7) is 0. The minimum absolute atomic E-state index is 0.146. The van der Waals surface area contributed by atoms with E-state index < -0.39 is 23.5 Å². The van der Waals surface area contributed by atoms with Crippen molar-refractivity contribution in [2.45, 2.75) is 12.4 Å². The van der Waals surface area contributed by atoms with Crippen molar-refractivity contribution >= 4 is 10.9 Å². The van der Waals surface area contributed by atoms with Crippen LogP contribution in [0.5, 0.6) is 0 Å². The van der Waals surface area contributed by atoms with Crippen molar-refractivity contribution in [2.75, 3.05) is 0 Å². The number of nitrogens with one attached hydrogen (secondary N) is 1. The molecule has 120 valence electrons. The molecule has 0 bridgehead atoms. The summed E-state index contributed by atoms with van der Waals surface area (Å²) in [7, 11) is 0. The lowest BCUT2D eigenvalue weighted by atomic mass is 10.0. The predicted molar refractivity (Wildman–Crippen MR) is 73.7 cm³/mol. The van der Waals surface area contributed by atoms with Gasteiger partial charge < -0.3 is 4.98 Å². The number of hydrogen-bond donors (Lipinski definition) is 1. The van der Waals surface area contributed by atoms with E-state index in [1.165, 1.54) is 30.5 Å². The molecule has 0 atom stereocenters. The average molecular weight is 329 g/mol. The van der Waals surface area contributed by atoms with E-state index in [0.29, 0.717) is 0 Å². The molecule has 0 radical (unpaired) electrons. The molecule has 0 fully saturated rings. The normalized spacial score (nSPS) is 12.8. The number of halogens is 6. The third-order valence-electron chi connectivity index (χ3n) is 3.52. The monoisotopic (exact) mass is 329 g/mol. The van der Waals surface area contributed by atoms with E-state index in [-0.39, 0.29) is 22.0 Å². The summed E-state index contributed by atoms with van der Waals surface area (Å²) >= 11 is 0. The highest BCUT2D eigenvalue weighted by molar-refractivity contribution is 5.97. The summed E-state index contributed by atoms with van der Waals surface area (Å²) in [5.74, 6) is 0. The summed E-state index contributed by atoms with van der Waals surface area (Å²) in [4.78, 5) is 2.52. The third kappa shape index (κ3) is 2.78. The predicted octanol–water partition coefficient (Wildman–Crippen LogP) is 5.87. The molecule has 1 N–H and O–H groups in total. The summed E-state index contributed by atoms with van der Waals surface area (Å²) in [6.07, 6.45) is -7.77. The van der Waals surface area contributed by atoms with Crippen LogP contribution in [0.2, 0.25) is 0 Å². The molecule has 1 heterocycles. The zero-order valence-electron chi connectivity index (χ0n) is 11.4. The Kier molecular flexibility index (Phi) is 3.39. The van der Waals surface area contributed by atoms with Gasteiger partial charge in [0.05, 0.1) is 16.6 Å². The molecule has 7 heteroatoms. The van der Waals surface area contributed by atoms with E-state index in [4.69, 9.17) is 0 Å². The first kappa shape index (κ1) is 15.5. The highest BCUT2D eigenvalue weighted by Gasteiger charge is 2.34. The molecule has 23 heavy (non-hydrogen) atoms. The molecule has 1 aromatic heterocycles. The molecular formula is C16H9F6N. The number of alkyl halides is 6. The first-order valence-corrected chi connectivity index (χ1v) is 6.53. The molecule has 0 unspecified atom stereocenters. The van der Waals surface area contributed by atoms with Crippen LogP contribution in [0.25, 0.3) is 22.0 Å². The molecule has 0 spiro atoms. The highest BCUT2D eigenvalue weighted by Crippen LogP contribution is 2.39. The Balaban J connectivity index is 2.19. The fourth-order valence-electron chi connectivity index (χ4n) is 2.49. The van der Waals surface area contributed by atoms with Crippen LogP contribution in [0.4, 0.5) is 26.3 Å². The maximum atomic E-state index is 13.0. The quantitative estimate of drug-likeness (QED) is 0.537. The zero-order chi connectivity index (χ0) is 16.8. The SMILES string of the molecule is FC(F)(F)c1cccc(-c2c[nH]c3c(C(F)(F)F)cccc23)c1. The van der Waals surface area contributed by atoms with Gasteiger partial charge in [0.25, 0.3) is 0 Å². The minimum Gasteiger partial charge on any atom is -0.360 e. The Morgan fingerprint density at radius 3 is 2.13 bits per heavy atom. The van der Waals surface area contributed by atoms with Crippen molar-refractivity contribution in [2.24, 2.45) is 0 Å². The molecule has 1 nitrogen and oxygen atoms in total. The van der Waals surface area contributed by atoms with E-state index in [9.17, 15) is 26.3 Å². The van der Waals surface area contributed by atoms with Crippen molar-refractivity contribution in [3.8, 4) is 11.1 Å². The molecule has 0 saturated carbocycles. The standard InChI is InChI=1S/C16H9F6N/c17-15(18,19)10-4-1-3-9(7-10)12-8-23-14-11(12)5-2-6-13(14)16(20,21)22/h1-8,23H. The number of rotatable bonds is 1. The van der Waals surface area contributed by atoms with Gasteiger partial charge in [-0.3, -0.25) is 0 Å². The second-order valence-electron chi connectivity index (χ2n) is 5.01. The van der Waals surface area contributed by atoms with Gasteiger partial charge in [-0.2, -0.15) is 26.3 Å². The maximum absolute atomic E-state index is 13.0. The number of benzene rings is 2. The second-order valence-corrected chi connectivity index (χ2v) is 5.01. The van der Waals surface area contributed by atoms with E-state index in [1.54, 1.807) is 0 Å². The molecule has 0 aliphatic rings. The van der Waals surface area contributed by atoms with Crippen molar-refractivity contribution in [1.82, 2.24) is 4.98 Å². The number of aromatic nitrogens is 1. The molecular weight excluding hydrogens is 320 g/mol. The topological polar surface area (TPSA) is 15.8 Å². The lowest BCUT2D eigenvalue weighted by Crippen LogP contribution is -2.05. The van der Waals surface area contributed by atoms with Crippen LogP contribution >= 0.6 is 0 Å². The van der Waals surface area contributed by atoms with Crippen LogP contribution in [0.3, 0.4) is 0 Å². The van der Waals surface area contributed by atoms with E-state index in [2.05, 4.69) is 4.98 Å². The van der Waals surface area contributed by atoms with Crippen molar-refractivity contribution in [3.05, 3.63) is 59.8 Å². The average Bonchev–Trinajstić information content (AvgIpc) is 2.89.